The van der Waals surface area contributed by atoms with Crippen molar-refractivity contribution in [3.8, 4) is 0 Å². The number of rotatable bonds is 3. The van der Waals surface area contributed by atoms with Gasteiger partial charge in [-0.25, -0.2) is 18.0 Å². The van der Waals surface area contributed by atoms with E-state index in [1.165, 1.54) is 0 Å². The highest BCUT2D eigenvalue weighted by Gasteiger charge is 2.53. The number of carbonyl (C=O) groups is 1. The third-order valence-electron chi connectivity index (χ3n) is 4.20. The zero-order valence-electron chi connectivity index (χ0n) is 12.8. The molecule has 1 saturated heterocycles. The topological polar surface area (TPSA) is 69.1 Å². The SMILES string of the molecule is CC(C1C(c2cc(F)cc(F)c2F)CCC(=O)N1N=[N+]=[N-])C(F)(F)F. The summed E-state index contributed by atoms with van der Waals surface area (Å²) in [5, 5.41) is 3.27. The van der Waals surface area contributed by atoms with E-state index in [2.05, 4.69) is 10.1 Å². The first kappa shape index (κ1) is 18.9. The summed E-state index contributed by atoms with van der Waals surface area (Å²) in [5.41, 5.74) is 7.89. The molecule has 5 nitrogen and oxygen atoms in total. The Balaban J connectivity index is 2.61. The molecule has 1 aromatic rings. The molecule has 25 heavy (non-hydrogen) atoms. The molecule has 1 heterocycles. The Kier molecular flexibility index (Phi) is 5.17. The smallest absolute Gasteiger partial charge is 0.246 e. The minimum Gasteiger partial charge on any atom is -0.246 e. The molecule has 1 aliphatic rings. The average molecular weight is 366 g/mol. The number of hydrogen-bond donors (Lipinski definition) is 0. The Hall–Kier alpha value is -2.42. The minimum absolute atomic E-state index is 0.264. The third-order valence-corrected chi connectivity index (χ3v) is 4.20. The van der Waals surface area contributed by atoms with Gasteiger partial charge in [0.2, 0.25) is 0 Å². The van der Waals surface area contributed by atoms with Gasteiger partial charge in [-0.05, 0) is 24.6 Å². The Morgan fingerprint density at radius 1 is 1.32 bits per heavy atom. The molecule has 0 saturated carbocycles. The number of alkyl halides is 3. The van der Waals surface area contributed by atoms with Crippen LogP contribution in [0.5, 0.6) is 0 Å². The lowest BCUT2D eigenvalue weighted by molar-refractivity contribution is -0.193. The highest BCUT2D eigenvalue weighted by atomic mass is 19.4. The maximum Gasteiger partial charge on any atom is 0.395 e. The monoisotopic (exact) mass is 366 g/mol. The molecule has 136 valence electrons. The standard InChI is InChI=1S/C14H12F6N4O/c1-6(14(18,19)20)13-8(2-3-11(25)24(13)23-22-21)9-4-7(15)5-10(16)12(9)17/h4-6,8,13H,2-3H2,1H3. The van der Waals surface area contributed by atoms with Crippen LogP contribution in [-0.4, -0.2) is 23.1 Å². The van der Waals surface area contributed by atoms with Crippen LogP contribution in [-0.2, 0) is 4.79 Å². The van der Waals surface area contributed by atoms with Crippen molar-refractivity contribution in [3.63, 3.8) is 0 Å². The van der Waals surface area contributed by atoms with Gasteiger partial charge in [0.05, 0.1) is 12.3 Å². The molecular weight excluding hydrogens is 354 g/mol. The van der Waals surface area contributed by atoms with Crippen molar-refractivity contribution in [2.75, 3.05) is 0 Å². The van der Waals surface area contributed by atoms with E-state index in [-0.39, 0.29) is 23.9 Å². The molecule has 0 spiro atoms. The quantitative estimate of drug-likeness (QED) is 0.253. The first-order valence-electron chi connectivity index (χ1n) is 7.16. The van der Waals surface area contributed by atoms with E-state index in [1.807, 2.05) is 0 Å². The molecule has 0 bridgehead atoms. The molecule has 11 heteroatoms. The molecule has 1 fully saturated rings. The van der Waals surface area contributed by atoms with Gasteiger partial charge < -0.3 is 0 Å². The molecule has 3 unspecified atom stereocenters. The number of piperidine rings is 1. The van der Waals surface area contributed by atoms with Crippen LogP contribution in [0.3, 0.4) is 0 Å². The predicted octanol–water partition coefficient (Wildman–Crippen LogP) is 4.60. The number of azide groups is 1. The second-order valence-electron chi connectivity index (χ2n) is 5.67. The van der Waals surface area contributed by atoms with Gasteiger partial charge in [0, 0.05) is 17.5 Å². The van der Waals surface area contributed by atoms with Crippen molar-refractivity contribution in [2.24, 2.45) is 11.1 Å². The summed E-state index contributed by atoms with van der Waals surface area (Å²) in [4.78, 5) is 14.2. The summed E-state index contributed by atoms with van der Waals surface area (Å²) in [6.45, 7) is 0.726. The summed E-state index contributed by atoms with van der Waals surface area (Å²) in [6.07, 6.45) is -5.45. The van der Waals surface area contributed by atoms with Gasteiger partial charge in [0.1, 0.15) is 11.9 Å². The number of benzene rings is 1. The van der Waals surface area contributed by atoms with Crippen molar-refractivity contribution < 1.29 is 31.1 Å². The van der Waals surface area contributed by atoms with Gasteiger partial charge >= 0.3 is 12.1 Å². The van der Waals surface area contributed by atoms with E-state index in [9.17, 15) is 31.1 Å². The van der Waals surface area contributed by atoms with Crippen LogP contribution in [0.1, 0.15) is 31.2 Å². The lowest BCUT2D eigenvalue weighted by Crippen LogP contribution is -2.51. The van der Waals surface area contributed by atoms with Crippen molar-refractivity contribution in [1.29, 1.82) is 0 Å². The highest BCUT2D eigenvalue weighted by molar-refractivity contribution is 5.77. The number of halogens is 6. The van der Waals surface area contributed by atoms with E-state index in [4.69, 9.17) is 5.53 Å². The minimum atomic E-state index is -4.81. The Morgan fingerprint density at radius 2 is 1.96 bits per heavy atom. The van der Waals surface area contributed by atoms with Crippen molar-refractivity contribution >= 4 is 5.91 Å². The molecule has 0 aliphatic carbocycles. The van der Waals surface area contributed by atoms with Crippen molar-refractivity contribution in [3.05, 3.63) is 45.6 Å². The van der Waals surface area contributed by atoms with Crippen molar-refractivity contribution in [1.82, 2.24) is 5.01 Å². The van der Waals surface area contributed by atoms with Gasteiger partial charge in [-0.15, -0.1) is 5.53 Å². The summed E-state index contributed by atoms with van der Waals surface area (Å²) >= 11 is 0. The second kappa shape index (κ2) is 6.83. The molecule has 0 aromatic heterocycles. The van der Waals surface area contributed by atoms with Crippen LogP contribution in [0.25, 0.3) is 10.4 Å². The fourth-order valence-corrected chi connectivity index (χ4v) is 2.99. The normalized spacial score (nSPS) is 22.5. The number of nitrogens with zero attached hydrogens (tertiary/aromatic N) is 4. The molecule has 1 aliphatic heterocycles. The van der Waals surface area contributed by atoms with Gasteiger partial charge in [-0.1, -0.05) is 0 Å². The van der Waals surface area contributed by atoms with Crippen molar-refractivity contribution in [2.45, 2.75) is 37.9 Å². The molecule has 0 N–H and O–H groups in total. The Bertz CT molecular complexity index is 731. The summed E-state index contributed by atoms with van der Waals surface area (Å²) < 4.78 is 80.6. The fourth-order valence-electron chi connectivity index (χ4n) is 2.99. The van der Waals surface area contributed by atoms with E-state index in [1.54, 1.807) is 0 Å². The summed E-state index contributed by atoms with van der Waals surface area (Å²) in [6, 6.07) is -0.975. The zero-order chi connectivity index (χ0) is 18.9. The maximum absolute atomic E-state index is 14.1. The fraction of sp³-hybridized carbons (Fsp3) is 0.500. The number of amides is 1. The average Bonchev–Trinajstić information content (AvgIpc) is 2.51. The molecular formula is C14H12F6N4O. The number of hydrogen-bond acceptors (Lipinski definition) is 2. The van der Waals surface area contributed by atoms with Crippen LogP contribution in [0, 0.1) is 23.4 Å². The lowest BCUT2D eigenvalue weighted by Gasteiger charge is -2.38. The van der Waals surface area contributed by atoms with E-state index in [0.29, 0.717) is 6.07 Å². The van der Waals surface area contributed by atoms with Gasteiger partial charge in [0.15, 0.2) is 11.6 Å². The van der Waals surface area contributed by atoms with Crippen LogP contribution >= 0.6 is 0 Å². The van der Waals surface area contributed by atoms with Crippen LogP contribution in [0.2, 0.25) is 0 Å². The van der Waals surface area contributed by atoms with Gasteiger partial charge in [0.25, 0.3) is 0 Å². The highest BCUT2D eigenvalue weighted by Crippen LogP contribution is 2.43. The Labute approximate surface area is 137 Å². The second-order valence-corrected chi connectivity index (χ2v) is 5.67. The predicted molar refractivity (Wildman–Crippen MR) is 73.3 cm³/mol. The zero-order valence-corrected chi connectivity index (χ0v) is 12.8. The van der Waals surface area contributed by atoms with Gasteiger partial charge in [-0.2, -0.15) is 23.1 Å². The maximum atomic E-state index is 14.1. The first-order chi connectivity index (χ1) is 11.6. The van der Waals surface area contributed by atoms with E-state index < -0.39 is 53.0 Å². The first-order valence-corrected chi connectivity index (χ1v) is 7.16. The summed E-state index contributed by atoms with van der Waals surface area (Å²) in [7, 11) is 0. The largest absolute Gasteiger partial charge is 0.395 e. The third kappa shape index (κ3) is 3.65. The molecule has 1 aromatic carbocycles. The molecule has 3 atom stereocenters. The van der Waals surface area contributed by atoms with Crippen LogP contribution in [0.4, 0.5) is 26.3 Å². The Morgan fingerprint density at radius 3 is 2.52 bits per heavy atom. The van der Waals surface area contributed by atoms with Gasteiger partial charge in [-0.3, -0.25) is 0 Å². The van der Waals surface area contributed by atoms with E-state index in [0.717, 1.165) is 6.92 Å². The lowest BCUT2D eigenvalue weighted by atomic mass is 9.78. The van der Waals surface area contributed by atoms with Crippen LogP contribution in [0.15, 0.2) is 17.4 Å². The molecule has 0 radical (unpaired) electrons. The number of carbonyl (C=O) groups excluding carboxylic acids is 1. The molecule has 1 amide bonds. The molecule has 2 rings (SSSR count). The summed E-state index contributed by atoms with van der Waals surface area (Å²) in [5.74, 6) is -8.73. The van der Waals surface area contributed by atoms with Crippen LogP contribution < -0.4 is 0 Å². The van der Waals surface area contributed by atoms with E-state index >= 15 is 0 Å².